The predicted molar refractivity (Wildman–Crippen MR) is 97.1 cm³/mol. The number of rotatable bonds is 4. The van der Waals surface area contributed by atoms with E-state index in [0.29, 0.717) is 36.6 Å². The van der Waals surface area contributed by atoms with Gasteiger partial charge in [0.25, 0.3) is 5.56 Å². The summed E-state index contributed by atoms with van der Waals surface area (Å²) in [5, 5.41) is 12.1. The first-order valence-corrected chi connectivity index (χ1v) is 8.95. The molecule has 1 aromatic carbocycles. The van der Waals surface area contributed by atoms with Gasteiger partial charge in [-0.05, 0) is 37.5 Å². The van der Waals surface area contributed by atoms with Gasteiger partial charge < -0.3 is 14.8 Å². The monoisotopic (exact) mass is 382 g/mol. The number of amides is 1. The fraction of sp³-hybridized carbons (Fsp3) is 0.368. The van der Waals surface area contributed by atoms with Gasteiger partial charge in [-0.25, -0.2) is 9.36 Å². The van der Waals surface area contributed by atoms with Crippen LogP contribution in [-0.4, -0.2) is 21.8 Å². The first-order valence-electron chi connectivity index (χ1n) is 8.95. The normalized spacial score (nSPS) is 15.0. The Morgan fingerprint density at radius 1 is 1.32 bits per heavy atom. The van der Waals surface area contributed by atoms with Crippen molar-refractivity contribution in [2.75, 3.05) is 6.79 Å². The standard InChI is InChI=1S/C19H18N4O5/c1-11(12-4-5-15-16(7-12)28-10-27-15)21-17(24)9-23-18(25)13(8-20)14-3-2-6-22(14)19(23)26/h4-5,7,11H,2-3,6,9-10H2,1H3,(H,21,24)/t11-/m1/s1. The third-order valence-electron chi connectivity index (χ3n) is 5.02. The summed E-state index contributed by atoms with van der Waals surface area (Å²) in [6, 6.07) is 6.85. The smallest absolute Gasteiger partial charge is 0.331 e. The van der Waals surface area contributed by atoms with E-state index in [1.165, 1.54) is 4.57 Å². The number of nitrogens with one attached hydrogen (secondary N) is 1. The molecule has 1 aromatic heterocycles. The molecule has 0 bridgehead atoms. The van der Waals surface area contributed by atoms with Crippen LogP contribution in [0.25, 0.3) is 0 Å². The van der Waals surface area contributed by atoms with Gasteiger partial charge in [0.15, 0.2) is 11.5 Å². The lowest BCUT2D eigenvalue weighted by molar-refractivity contribution is -0.122. The summed E-state index contributed by atoms with van der Waals surface area (Å²) in [7, 11) is 0. The van der Waals surface area contributed by atoms with E-state index in [9.17, 15) is 19.6 Å². The molecule has 1 atom stereocenters. The lowest BCUT2D eigenvalue weighted by atomic mass is 10.1. The van der Waals surface area contributed by atoms with Crippen LogP contribution in [0.2, 0.25) is 0 Å². The van der Waals surface area contributed by atoms with Gasteiger partial charge in [0.2, 0.25) is 12.7 Å². The summed E-state index contributed by atoms with van der Waals surface area (Å²) >= 11 is 0. The average molecular weight is 382 g/mol. The molecule has 0 saturated heterocycles. The third-order valence-corrected chi connectivity index (χ3v) is 5.02. The summed E-state index contributed by atoms with van der Waals surface area (Å²) < 4.78 is 12.8. The number of aromatic nitrogens is 2. The zero-order valence-corrected chi connectivity index (χ0v) is 15.2. The Kier molecular flexibility index (Phi) is 4.39. The van der Waals surface area contributed by atoms with Crippen molar-refractivity contribution in [3.8, 4) is 17.6 Å². The lowest BCUT2D eigenvalue weighted by Crippen LogP contribution is -2.45. The SMILES string of the molecule is C[C@@H](NC(=O)Cn1c(=O)c(C#N)c2n(c1=O)CCC2)c1ccc2c(c1)OCO2. The van der Waals surface area contributed by atoms with E-state index in [-0.39, 0.29) is 18.4 Å². The van der Waals surface area contributed by atoms with Gasteiger partial charge in [-0.3, -0.25) is 14.2 Å². The van der Waals surface area contributed by atoms with Crippen molar-refractivity contribution < 1.29 is 14.3 Å². The number of ether oxygens (including phenoxy) is 2. The Hall–Kier alpha value is -3.54. The van der Waals surface area contributed by atoms with Crippen LogP contribution in [-0.2, 0) is 24.3 Å². The molecule has 28 heavy (non-hydrogen) atoms. The Morgan fingerprint density at radius 2 is 2.11 bits per heavy atom. The fourth-order valence-electron chi connectivity index (χ4n) is 3.58. The number of carbonyl (C=O) groups is 1. The van der Waals surface area contributed by atoms with Crippen molar-refractivity contribution in [2.45, 2.75) is 38.9 Å². The molecule has 0 saturated carbocycles. The third kappa shape index (κ3) is 2.93. The molecule has 0 radical (unpaired) electrons. The molecular formula is C19H18N4O5. The van der Waals surface area contributed by atoms with E-state index >= 15 is 0 Å². The number of hydrogen-bond donors (Lipinski definition) is 1. The summed E-state index contributed by atoms with van der Waals surface area (Å²) in [6.45, 7) is 1.94. The molecule has 2 aliphatic rings. The molecule has 2 aromatic rings. The summed E-state index contributed by atoms with van der Waals surface area (Å²) in [6.07, 6.45) is 1.21. The molecule has 9 heteroatoms. The van der Waals surface area contributed by atoms with Gasteiger partial charge in [-0.1, -0.05) is 6.07 Å². The number of nitrogens with zero attached hydrogens (tertiary/aromatic N) is 3. The maximum absolute atomic E-state index is 12.6. The molecule has 144 valence electrons. The Morgan fingerprint density at radius 3 is 2.89 bits per heavy atom. The largest absolute Gasteiger partial charge is 0.454 e. The van der Waals surface area contributed by atoms with Crippen molar-refractivity contribution in [1.82, 2.24) is 14.5 Å². The minimum atomic E-state index is -0.716. The van der Waals surface area contributed by atoms with Gasteiger partial charge in [-0.15, -0.1) is 0 Å². The number of nitriles is 1. The minimum absolute atomic E-state index is 0.0614. The van der Waals surface area contributed by atoms with E-state index in [1.54, 1.807) is 19.1 Å². The van der Waals surface area contributed by atoms with Crippen LogP contribution in [0.3, 0.4) is 0 Å². The lowest BCUT2D eigenvalue weighted by Gasteiger charge is -2.16. The van der Waals surface area contributed by atoms with Crippen molar-refractivity contribution in [3.05, 3.63) is 55.9 Å². The molecule has 3 heterocycles. The minimum Gasteiger partial charge on any atom is -0.454 e. The molecule has 0 fully saturated rings. The van der Waals surface area contributed by atoms with Gasteiger partial charge >= 0.3 is 5.69 Å². The average Bonchev–Trinajstić information content (AvgIpc) is 3.34. The van der Waals surface area contributed by atoms with Crippen molar-refractivity contribution >= 4 is 5.91 Å². The van der Waals surface area contributed by atoms with E-state index < -0.39 is 23.7 Å². The number of hydrogen-bond acceptors (Lipinski definition) is 6. The molecule has 4 rings (SSSR count). The predicted octanol–water partition coefficient (Wildman–Crippen LogP) is 0.434. The molecule has 0 aliphatic carbocycles. The van der Waals surface area contributed by atoms with Gasteiger partial charge in [-0.2, -0.15) is 5.26 Å². The summed E-state index contributed by atoms with van der Waals surface area (Å²) in [5.74, 6) is 0.751. The van der Waals surface area contributed by atoms with Gasteiger partial charge in [0, 0.05) is 12.2 Å². The van der Waals surface area contributed by atoms with Crippen molar-refractivity contribution in [1.29, 1.82) is 5.26 Å². The van der Waals surface area contributed by atoms with Gasteiger partial charge in [0.05, 0.1) is 6.04 Å². The molecule has 1 N–H and O–H groups in total. The number of carbonyl (C=O) groups excluding carboxylic acids is 1. The molecule has 1 amide bonds. The quantitative estimate of drug-likeness (QED) is 0.820. The fourth-order valence-corrected chi connectivity index (χ4v) is 3.58. The zero-order valence-electron chi connectivity index (χ0n) is 15.2. The molecule has 0 spiro atoms. The van der Waals surface area contributed by atoms with E-state index in [4.69, 9.17) is 9.47 Å². The van der Waals surface area contributed by atoms with Crippen molar-refractivity contribution in [2.24, 2.45) is 0 Å². The highest BCUT2D eigenvalue weighted by Crippen LogP contribution is 2.34. The second-order valence-electron chi connectivity index (χ2n) is 6.76. The second kappa shape index (κ2) is 6.88. The first kappa shape index (κ1) is 17.9. The summed E-state index contributed by atoms with van der Waals surface area (Å²) in [5.41, 5.74) is -0.0705. The molecule has 0 unspecified atom stereocenters. The Bertz CT molecular complexity index is 1120. The van der Waals surface area contributed by atoms with E-state index in [2.05, 4.69) is 5.32 Å². The highest BCUT2D eigenvalue weighted by atomic mass is 16.7. The number of fused-ring (bicyclic) bond motifs is 2. The first-order chi connectivity index (χ1) is 13.5. The topological polar surface area (TPSA) is 115 Å². The van der Waals surface area contributed by atoms with Crippen LogP contribution in [0.15, 0.2) is 27.8 Å². The van der Waals surface area contributed by atoms with Crippen LogP contribution >= 0.6 is 0 Å². The Labute approximate surface area is 159 Å². The van der Waals surface area contributed by atoms with Gasteiger partial charge in [0.1, 0.15) is 18.2 Å². The molecule has 9 nitrogen and oxygen atoms in total. The highest BCUT2D eigenvalue weighted by molar-refractivity contribution is 5.76. The van der Waals surface area contributed by atoms with Crippen LogP contribution in [0, 0.1) is 11.3 Å². The Balaban J connectivity index is 1.55. The highest BCUT2D eigenvalue weighted by Gasteiger charge is 2.24. The maximum Gasteiger partial charge on any atom is 0.331 e. The van der Waals surface area contributed by atoms with Crippen LogP contribution in [0.4, 0.5) is 0 Å². The van der Waals surface area contributed by atoms with Crippen molar-refractivity contribution in [3.63, 3.8) is 0 Å². The van der Waals surface area contributed by atoms with Crippen LogP contribution < -0.4 is 26.0 Å². The van der Waals surface area contributed by atoms with E-state index in [1.807, 2.05) is 12.1 Å². The number of benzene rings is 1. The maximum atomic E-state index is 12.6. The molecular weight excluding hydrogens is 364 g/mol. The van der Waals surface area contributed by atoms with E-state index in [0.717, 1.165) is 10.1 Å². The van der Waals surface area contributed by atoms with Crippen LogP contribution in [0.1, 0.15) is 36.2 Å². The second-order valence-corrected chi connectivity index (χ2v) is 6.76. The zero-order chi connectivity index (χ0) is 19.8. The summed E-state index contributed by atoms with van der Waals surface area (Å²) in [4.78, 5) is 37.6. The van der Waals surface area contributed by atoms with Crippen LogP contribution in [0.5, 0.6) is 11.5 Å². The molecule has 2 aliphatic heterocycles.